The van der Waals surface area contributed by atoms with Crippen LogP contribution in [0.5, 0.6) is 0 Å². The van der Waals surface area contributed by atoms with Crippen LogP contribution < -0.4 is 5.32 Å². The lowest BCUT2D eigenvalue weighted by atomic mass is 9.84. The molecule has 1 aromatic heterocycles. The van der Waals surface area contributed by atoms with Gasteiger partial charge in [-0.3, -0.25) is 4.79 Å². The standard InChI is InChI=1S/C18H22N2OS2/c1-11(14-9-12-6-7-13(14)8-12)19-17(21)10-22-18-20-15-4-2-3-5-16(15)23-18/h2-5,11-14H,6-10H2,1H3,(H,19,21). The van der Waals surface area contributed by atoms with Crippen molar-refractivity contribution in [2.75, 3.05) is 5.75 Å². The lowest BCUT2D eigenvalue weighted by Gasteiger charge is -2.28. The molecule has 4 rings (SSSR count). The molecule has 2 saturated carbocycles. The van der Waals surface area contributed by atoms with Crippen LogP contribution in [0.25, 0.3) is 10.2 Å². The summed E-state index contributed by atoms with van der Waals surface area (Å²) in [5.74, 6) is 3.09. The Hall–Kier alpha value is -1.07. The highest BCUT2D eigenvalue weighted by Gasteiger charge is 2.42. The van der Waals surface area contributed by atoms with E-state index in [4.69, 9.17) is 0 Å². The predicted molar refractivity (Wildman–Crippen MR) is 96.9 cm³/mol. The van der Waals surface area contributed by atoms with Gasteiger partial charge in [0.15, 0.2) is 4.34 Å². The molecule has 3 nitrogen and oxygen atoms in total. The number of nitrogens with one attached hydrogen (secondary N) is 1. The summed E-state index contributed by atoms with van der Waals surface area (Å²) < 4.78 is 2.17. The minimum absolute atomic E-state index is 0.143. The Morgan fingerprint density at radius 1 is 1.39 bits per heavy atom. The van der Waals surface area contributed by atoms with Crippen LogP contribution in [0, 0.1) is 17.8 Å². The minimum atomic E-state index is 0.143. The molecule has 0 aliphatic heterocycles. The van der Waals surface area contributed by atoms with Crippen molar-refractivity contribution in [2.24, 2.45) is 17.8 Å². The highest BCUT2D eigenvalue weighted by Crippen LogP contribution is 2.49. The second kappa shape index (κ2) is 6.44. The van der Waals surface area contributed by atoms with Crippen molar-refractivity contribution in [3.05, 3.63) is 24.3 Å². The first-order valence-electron chi connectivity index (χ1n) is 8.47. The molecule has 2 fully saturated rings. The van der Waals surface area contributed by atoms with Crippen LogP contribution >= 0.6 is 23.1 Å². The molecule has 1 N–H and O–H groups in total. The predicted octanol–water partition coefficient (Wildman–Crippen LogP) is 4.33. The summed E-state index contributed by atoms with van der Waals surface area (Å²) in [6.45, 7) is 2.19. The number of nitrogens with zero attached hydrogens (tertiary/aromatic N) is 1. The summed E-state index contributed by atoms with van der Waals surface area (Å²) >= 11 is 3.21. The molecule has 23 heavy (non-hydrogen) atoms. The van der Waals surface area contributed by atoms with E-state index in [2.05, 4.69) is 23.3 Å². The normalized spacial score (nSPS) is 27.4. The fourth-order valence-electron chi connectivity index (χ4n) is 4.35. The zero-order valence-electron chi connectivity index (χ0n) is 13.3. The third kappa shape index (κ3) is 3.26. The van der Waals surface area contributed by atoms with Gasteiger partial charge in [0.1, 0.15) is 0 Å². The van der Waals surface area contributed by atoms with Gasteiger partial charge in [0.25, 0.3) is 0 Å². The molecule has 122 valence electrons. The number of para-hydroxylation sites is 1. The van der Waals surface area contributed by atoms with E-state index < -0.39 is 0 Å². The first kappa shape index (κ1) is 15.5. The van der Waals surface area contributed by atoms with E-state index in [0.29, 0.717) is 17.7 Å². The van der Waals surface area contributed by atoms with Gasteiger partial charge in [-0.2, -0.15) is 0 Å². The van der Waals surface area contributed by atoms with Gasteiger partial charge in [-0.25, -0.2) is 4.98 Å². The third-order valence-corrected chi connectivity index (χ3v) is 7.60. The van der Waals surface area contributed by atoms with E-state index in [1.54, 1.807) is 23.1 Å². The summed E-state index contributed by atoms with van der Waals surface area (Å²) in [7, 11) is 0. The molecule has 4 unspecified atom stereocenters. The summed E-state index contributed by atoms with van der Waals surface area (Å²) in [5.41, 5.74) is 1.02. The maximum Gasteiger partial charge on any atom is 0.230 e. The Morgan fingerprint density at radius 2 is 2.26 bits per heavy atom. The molecular formula is C18H22N2OS2. The molecule has 1 aromatic carbocycles. The topological polar surface area (TPSA) is 42.0 Å². The van der Waals surface area contributed by atoms with Crippen LogP contribution in [-0.2, 0) is 4.79 Å². The molecule has 0 spiro atoms. The second-order valence-corrected chi connectivity index (χ2v) is 9.18. The van der Waals surface area contributed by atoms with Crippen LogP contribution in [-0.4, -0.2) is 22.7 Å². The Bertz CT molecular complexity index is 681. The Morgan fingerprint density at radius 3 is 3.00 bits per heavy atom. The number of amides is 1. The molecule has 2 aliphatic carbocycles. The summed E-state index contributed by atoms with van der Waals surface area (Å²) in [6, 6.07) is 8.44. The molecule has 4 atom stereocenters. The molecule has 2 bridgehead atoms. The number of carbonyl (C=O) groups is 1. The van der Waals surface area contributed by atoms with Crippen molar-refractivity contribution >= 4 is 39.2 Å². The maximum absolute atomic E-state index is 12.2. The monoisotopic (exact) mass is 346 g/mol. The zero-order chi connectivity index (χ0) is 15.8. The average Bonchev–Trinajstić information content (AvgIpc) is 3.26. The molecule has 2 aliphatic rings. The molecule has 0 saturated heterocycles. The van der Waals surface area contributed by atoms with Crippen LogP contribution in [0.2, 0.25) is 0 Å². The average molecular weight is 347 g/mol. The molecular weight excluding hydrogens is 324 g/mol. The zero-order valence-corrected chi connectivity index (χ0v) is 15.0. The van der Waals surface area contributed by atoms with Crippen molar-refractivity contribution in [2.45, 2.75) is 43.0 Å². The smallest absolute Gasteiger partial charge is 0.230 e. The number of benzene rings is 1. The minimum Gasteiger partial charge on any atom is -0.353 e. The van der Waals surface area contributed by atoms with E-state index in [1.165, 1.54) is 30.4 Å². The maximum atomic E-state index is 12.2. The van der Waals surface area contributed by atoms with Gasteiger partial charge in [0, 0.05) is 6.04 Å². The number of hydrogen-bond acceptors (Lipinski definition) is 4. The van der Waals surface area contributed by atoms with Crippen LogP contribution in [0.3, 0.4) is 0 Å². The Balaban J connectivity index is 1.30. The molecule has 0 radical (unpaired) electrons. The van der Waals surface area contributed by atoms with Crippen molar-refractivity contribution < 1.29 is 4.79 Å². The van der Waals surface area contributed by atoms with Crippen molar-refractivity contribution in [3.63, 3.8) is 0 Å². The van der Waals surface area contributed by atoms with E-state index in [9.17, 15) is 4.79 Å². The number of thiazole rings is 1. The van der Waals surface area contributed by atoms with Gasteiger partial charge in [-0.15, -0.1) is 11.3 Å². The number of thioether (sulfide) groups is 1. The van der Waals surface area contributed by atoms with Gasteiger partial charge in [-0.1, -0.05) is 30.3 Å². The second-order valence-electron chi connectivity index (χ2n) is 6.93. The summed E-state index contributed by atoms with van der Waals surface area (Å²) in [6.07, 6.45) is 5.49. The fourth-order valence-corrected chi connectivity index (χ4v) is 6.23. The van der Waals surface area contributed by atoms with Crippen LogP contribution in [0.4, 0.5) is 0 Å². The van der Waals surface area contributed by atoms with Gasteiger partial charge in [-0.05, 0) is 56.1 Å². The summed E-state index contributed by atoms with van der Waals surface area (Å²) in [4.78, 5) is 16.8. The Labute approximate surface area is 145 Å². The van der Waals surface area contributed by atoms with Gasteiger partial charge < -0.3 is 5.32 Å². The van der Waals surface area contributed by atoms with Gasteiger partial charge in [0.05, 0.1) is 16.0 Å². The number of rotatable bonds is 5. The van der Waals surface area contributed by atoms with E-state index in [-0.39, 0.29) is 5.91 Å². The number of carbonyl (C=O) groups excluding carboxylic acids is 1. The lowest BCUT2D eigenvalue weighted by molar-refractivity contribution is -0.119. The van der Waals surface area contributed by atoms with E-state index in [0.717, 1.165) is 21.7 Å². The van der Waals surface area contributed by atoms with Crippen LogP contribution in [0.15, 0.2) is 28.6 Å². The number of aromatic nitrogens is 1. The fraction of sp³-hybridized carbons (Fsp3) is 0.556. The first-order chi connectivity index (χ1) is 11.2. The highest BCUT2D eigenvalue weighted by atomic mass is 32.2. The number of fused-ring (bicyclic) bond motifs is 3. The van der Waals surface area contributed by atoms with Crippen molar-refractivity contribution in [1.29, 1.82) is 0 Å². The highest BCUT2D eigenvalue weighted by molar-refractivity contribution is 8.01. The van der Waals surface area contributed by atoms with Crippen molar-refractivity contribution in [3.8, 4) is 0 Å². The van der Waals surface area contributed by atoms with Gasteiger partial charge in [0.2, 0.25) is 5.91 Å². The molecule has 1 heterocycles. The molecule has 2 aromatic rings. The number of hydrogen-bond donors (Lipinski definition) is 1. The van der Waals surface area contributed by atoms with Crippen molar-refractivity contribution in [1.82, 2.24) is 10.3 Å². The van der Waals surface area contributed by atoms with E-state index >= 15 is 0 Å². The summed E-state index contributed by atoms with van der Waals surface area (Å²) in [5, 5.41) is 3.23. The third-order valence-electron chi connectivity index (χ3n) is 5.42. The Kier molecular flexibility index (Phi) is 4.33. The van der Waals surface area contributed by atoms with Gasteiger partial charge >= 0.3 is 0 Å². The largest absolute Gasteiger partial charge is 0.353 e. The quantitative estimate of drug-likeness (QED) is 0.819. The van der Waals surface area contributed by atoms with Crippen LogP contribution in [0.1, 0.15) is 32.6 Å². The first-order valence-corrected chi connectivity index (χ1v) is 10.3. The molecule has 5 heteroatoms. The molecule has 1 amide bonds. The van der Waals surface area contributed by atoms with E-state index in [1.807, 2.05) is 18.2 Å². The SMILES string of the molecule is CC(NC(=O)CSc1nc2ccccc2s1)C1CC2CCC1C2. The lowest BCUT2D eigenvalue weighted by Crippen LogP contribution is -2.40.